The number of nitrogens with zero attached hydrogens (tertiary/aromatic N) is 3. The summed E-state index contributed by atoms with van der Waals surface area (Å²) in [5.74, 6) is 2.69. The lowest BCUT2D eigenvalue weighted by Crippen LogP contribution is -2.26. The molecule has 4 aromatic rings. The van der Waals surface area contributed by atoms with E-state index >= 15 is 0 Å². The number of benzene rings is 3. The first-order valence-corrected chi connectivity index (χ1v) is 13.1. The zero-order valence-corrected chi connectivity index (χ0v) is 23.9. The fourth-order valence-corrected chi connectivity index (χ4v) is 4.27. The fraction of sp³-hybridized carbons (Fsp3) is 0.258. The van der Waals surface area contributed by atoms with Crippen LogP contribution in [0, 0.1) is 13.8 Å². The third-order valence-corrected chi connectivity index (χ3v) is 6.68. The van der Waals surface area contributed by atoms with Crippen molar-refractivity contribution >= 4 is 23.5 Å². The maximum Gasteiger partial charge on any atom is 0.413 e. The highest BCUT2D eigenvalue weighted by atomic mass is 16.5. The van der Waals surface area contributed by atoms with E-state index in [0.717, 1.165) is 28.0 Å². The highest BCUT2D eigenvalue weighted by Gasteiger charge is 2.20. The van der Waals surface area contributed by atoms with Gasteiger partial charge in [0.1, 0.15) is 36.3 Å². The molecule has 0 spiro atoms. The van der Waals surface area contributed by atoms with Gasteiger partial charge in [-0.05, 0) is 73.0 Å². The minimum atomic E-state index is -0.666. The number of amides is 1. The monoisotopic (exact) mass is 557 g/mol. The predicted octanol–water partition coefficient (Wildman–Crippen LogP) is 5.62. The maximum absolute atomic E-state index is 12.8. The number of nitrogen functional groups attached to an aromatic ring is 1. The van der Waals surface area contributed by atoms with Crippen LogP contribution >= 0.6 is 0 Å². The minimum absolute atomic E-state index is 0.0464. The summed E-state index contributed by atoms with van der Waals surface area (Å²) >= 11 is 0. The van der Waals surface area contributed by atoms with Gasteiger partial charge in [0.15, 0.2) is 0 Å². The zero-order chi connectivity index (χ0) is 29.4. The number of carbonyl (C=O) groups excluding carboxylic acids is 1. The first-order chi connectivity index (χ1) is 19.8. The molecule has 1 heterocycles. The van der Waals surface area contributed by atoms with Gasteiger partial charge in [-0.2, -0.15) is 4.98 Å². The Hall–Kier alpha value is -4.99. The molecular weight excluding hydrogens is 522 g/mol. The van der Waals surface area contributed by atoms with Gasteiger partial charge in [-0.15, -0.1) is 0 Å². The fourth-order valence-electron chi connectivity index (χ4n) is 4.27. The predicted molar refractivity (Wildman–Crippen MR) is 160 cm³/mol. The second kappa shape index (κ2) is 13.4. The molecule has 41 heavy (non-hydrogen) atoms. The summed E-state index contributed by atoms with van der Waals surface area (Å²) in [4.78, 5) is 23.4. The topological polar surface area (TPSA) is 121 Å². The number of anilines is 3. The molecule has 1 aromatic heterocycles. The molecule has 0 fully saturated rings. The van der Waals surface area contributed by atoms with E-state index in [4.69, 9.17) is 24.7 Å². The molecule has 0 bridgehead atoms. The minimum Gasteiger partial charge on any atom is -0.496 e. The SMILES string of the molecule is COc1ccc(OC)c(-c2cccc(C)c2C)c1COC(=O)Nc1ccnc(N(C)CCOc2ccc(N)cc2)n1. The summed E-state index contributed by atoms with van der Waals surface area (Å²) in [5.41, 5.74) is 11.1. The average Bonchev–Trinajstić information content (AvgIpc) is 2.98. The summed E-state index contributed by atoms with van der Waals surface area (Å²) < 4.78 is 22.7. The summed E-state index contributed by atoms with van der Waals surface area (Å²) in [6, 6.07) is 18.5. The largest absolute Gasteiger partial charge is 0.496 e. The molecule has 0 aliphatic heterocycles. The number of nitrogens with two attached hydrogens (primary N) is 1. The Balaban J connectivity index is 1.43. The van der Waals surface area contributed by atoms with Crippen molar-refractivity contribution in [2.24, 2.45) is 0 Å². The number of rotatable bonds is 11. The molecule has 10 nitrogen and oxygen atoms in total. The van der Waals surface area contributed by atoms with Crippen LogP contribution in [0.3, 0.4) is 0 Å². The number of carbonyl (C=O) groups is 1. The third-order valence-electron chi connectivity index (χ3n) is 6.68. The Morgan fingerprint density at radius 3 is 2.44 bits per heavy atom. The van der Waals surface area contributed by atoms with Gasteiger partial charge in [0.25, 0.3) is 0 Å². The highest BCUT2D eigenvalue weighted by molar-refractivity contribution is 5.84. The average molecular weight is 558 g/mol. The number of methoxy groups -OCH3 is 2. The molecule has 10 heteroatoms. The first-order valence-electron chi connectivity index (χ1n) is 13.1. The first kappa shape index (κ1) is 29.0. The molecule has 0 atom stereocenters. The van der Waals surface area contributed by atoms with Crippen LogP contribution in [0.2, 0.25) is 0 Å². The maximum atomic E-state index is 12.8. The van der Waals surface area contributed by atoms with Crippen molar-refractivity contribution in [1.82, 2.24) is 9.97 Å². The van der Waals surface area contributed by atoms with Crippen molar-refractivity contribution in [2.45, 2.75) is 20.5 Å². The van der Waals surface area contributed by atoms with Crippen LogP contribution in [0.5, 0.6) is 17.2 Å². The van der Waals surface area contributed by atoms with E-state index in [1.807, 2.05) is 42.3 Å². The quantitative estimate of drug-likeness (QED) is 0.226. The smallest absolute Gasteiger partial charge is 0.413 e. The lowest BCUT2D eigenvalue weighted by molar-refractivity contribution is 0.154. The summed E-state index contributed by atoms with van der Waals surface area (Å²) in [6.07, 6.45) is 0.902. The van der Waals surface area contributed by atoms with Gasteiger partial charge in [-0.25, -0.2) is 9.78 Å². The van der Waals surface area contributed by atoms with Gasteiger partial charge in [-0.3, -0.25) is 5.32 Å². The van der Waals surface area contributed by atoms with E-state index in [2.05, 4.69) is 35.2 Å². The van der Waals surface area contributed by atoms with Crippen molar-refractivity contribution in [3.05, 3.63) is 83.6 Å². The number of likely N-dealkylation sites (N-methyl/N-ethyl adjacent to an activating group) is 1. The molecule has 4 rings (SSSR count). The van der Waals surface area contributed by atoms with Gasteiger partial charge in [-0.1, -0.05) is 18.2 Å². The number of aryl methyl sites for hydroxylation is 1. The zero-order valence-electron chi connectivity index (χ0n) is 23.9. The van der Waals surface area contributed by atoms with Crippen molar-refractivity contribution in [2.75, 3.05) is 50.4 Å². The lowest BCUT2D eigenvalue weighted by atomic mass is 9.92. The second-order valence-electron chi connectivity index (χ2n) is 9.35. The molecule has 3 N–H and O–H groups in total. The molecule has 214 valence electrons. The molecule has 0 aliphatic carbocycles. The Morgan fingerprint density at radius 1 is 0.976 bits per heavy atom. The Labute approximate surface area is 240 Å². The summed E-state index contributed by atoms with van der Waals surface area (Å²) in [6.45, 7) is 4.99. The van der Waals surface area contributed by atoms with Gasteiger partial charge in [0.2, 0.25) is 5.95 Å². The molecule has 0 aliphatic rings. The highest BCUT2D eigenvalue weighted by Crippen LogP contribution is 2.41. The van der Waals surface area contributed by atoms with E-state index in [1.165, 1.54) is 0 Å². The number of nitrogens with one attached hydrogen (secondary N) is 1. The van der Waals surface area contributed by atoms with E-state index in [1.54, 1.807) is 44.7 Å². The van der Waals surface area contributed by atoms with Crippen molar-refractivity contribution in [3.63, 3.8) is 0 Å². The van der Waals surface area contributed by atoms with Crippen LogP contribution in [0.1, 0.15) is 16.7 Å². The number of hydrogen-bond donors (Lipinski definition) is 2. The molecule has 0 saturated carbocycles. The van der Waals surface area contributed by atoms with Crippen LogP contribution in [-0.4, -0.2) is 50.5 Å². The van der Waals surface area contributed by atoms with E-state index in [0.29, 0.717) is 47.7 Å². The van der Waals surface area contributed by atoms with E-state index in [-0.39, 0.29) is 6.61 Å². The summed E-state index contributed by atoms with van der Waals surface area (Å²) in [5, 5.41) is 2.69. The van der Waals surface area contributed by atoms with Crippen LogP contribution in [0.15, 0.2) is 66.9 Å². The van der Waals surface area contributed by atoms with E-state index < -0.39 is 6.09 Å². The van der Waals surface area contributed by atoms with Crippen LogP contribution < -0.4 is 30.2 Å². The van der Waals surface area contributed by atoms with Crippen molar-refractivity contribution in [1.29, 1.82) is 0 Å². The second-order valence-corrected chi connectivity index (χ2v) is 9.35. The molecule has 0 saturated heterocycles. The van der Waals surface area contributed by atoms with Crippen LogP contribution in [0.4, 0.5) is 22.2 Å². The molecule has 3 aromatic carbocycles. The van der Waals surface area contributed by atoms with Gasteiger partial charge >= 0.3 is 6.09 Å². The molecule has 0 unspecified atom stereocenters. The Bertz CT molecular complexity index is 1490. The van der Waals surface area contributed by atoms with E-state index in [9.17, 15) is 4.79 Å². The van der Waals surface area contributed by atoms with Crippen molar-refractivity contribution < 1.29 is 23.7 Å². The van der Waals surface area contributed by atoms with Gasteiger partial charge in [0.05, 0.1) is 20.8 Å². The number of hydrogen-bond acceptors (Lipinski definition) is 9. The van der Waals surface area contributed by atoms with Crippen LogP contribution in [-0.2, 0) is 11.3 Å². The van der Waals surface area contributed by atoms with Gasteiger partial charge < -0.3 is 29.6 Å². The third kappa shape index (κ3) is 7.16. The normalized spacial score (nSPS) is 10.6. The Kier molecular flexibility index (Phi) is 9.47. The number of ether oxygens (including phenoxy) is 4. The molecule has 0 radical (unpaired) electrons. The van der Waals surface area contributed by atoms with Crippen LogP contribution in [0.25, 0.3) is 11.1 Å². The molecule has 1 amide bonds. The molecular formula is C31H35N5O5. The number of aromatic nitrogens is 2. The standard InChI is InChI=1S/C31H35N5O5/c1-20-7-6-8-24(21(20)2)29-25(26(38-4)13-14-27(29)39-5)19-41-31(37)35-28-15-16-33-30(34-28)36(3)17-18-40-23-11-9-22(32)10-12-23/h6-16H,17-19,32H2,1-5H3,(H,33,34,35,37). The Morgan fingerprint density at radius 2 is 1.71 bits per heavy atom. The summed E-state index contributed by atoms with van der Waals surface area (Å²) in [7, 11) is 5.03. The van der Waals surface area contributed by atoms with Crippen molar-refractivity contribution in [3.8, 4) is 28.4 Å². The lowest BCUT2D eigenvalue weighted by Gasteiger charge is -2.20. The van der Waals surface area contributed by atoms with Gasteiger partial charge in [0, 0.05) is 30.1 Å².